The molecule has 1 aromatic carbocycles. The number of amides is 1. The van der Waals surface area contributed by atoms with Gasteiger partial charge in [-0.25, -0.2) is 0 Å². The number of hydrogen-bond acceptors (Lipinski definition) is 3. The standard InChI is InChI=1S/C14H19F3N2O2/c1-3-18-11-4-5-12(10(2)8-11)13(21)19(6-7-20)9-14(15,16)17/h4-5,8,18,20H,3,6-7,9H2,1-2H3. The fourth-order valence-corrected chi connectivity index (χ4v) is 1.98. The number of anilines is 1. The van der Waals surface area contributed by atoms with Gasteiger partial charge in [-0.2, -0.15) is 13.2 Å². The average Bonchev–Trinajstić information content (AvgIpc) is 2.36. The van der Waals surface area contributed by atoms with Crippen molar-refractivity contribution in [3.8, 4) is 0 Å². The first kappa shape index (κ1) is 17.3. The molecule has 118 valence electrons. The van der Waals surface area contributed by atoms with Crippen LogP contribution in [0, 0.1) is 6.92 Å². The number of nitrogens with zero attached hydrogens (tertiary/aromatic N) is 1. The zero-order chi connectivity index (χ0) is 16.0. The van der Waals surface area contributed by atoms with Crippen molar-refractivity contribution >= 4 is 11.6 Å². The first-order valence-corrected chi connectivity index (χ1v) is 6.60. The number of carbonyl (C=O) groups is 1. The van der Waals surface area contributed by atoms with Gasteiger partial charge in [0.15, 0.2) is 0 Å². The van der Waals surface area contributed by atoms with E-state index in [1.165, 1.54) is 6.07 Å². The van der Waals surface area contributed by atoms with Crippen molar-refractivity contribution in [2.24, 2.45) is 0 Å². The Morgan fingerprint density at radius 1 is 1.38 bits per heavy atom. The molecule has 0 bridgehead atoms. The highest BCUT2D eigenvalue weighted by Gasteiger charge is 2.33. The molecule has 4 nitrogen and oxygen atoms in total. The van der Waals surface area contributed by atoms with Gasteiger partial charge in [-0.3, -0.25) is 4.79 Å². The number of hydrogen-bond donors (Lipinski definition) is 2. The Labute approximate surface area is 121 Å². The Balaban J connectivity index is 2.98. The molecule has 0 radical (unpaired) electrons. The summed E-state index contributed by atoms with van der Waals surface area (Å²) in [6.45, 7) is 2.04. The Bertz CT molecular complexity index is 490. The van der Waals surface area contributed by atoms with Gasteiger partial charge in [-0.1, -0.05) is 0 Å². The van der Waals surface area contributed by atoms with Crippen molar-refractivity contribution in [2.45, 2.75) is 20.0 Å². The quantitative estimate of drug-likeness (QED) is 0.848. The van der Waals surface area contributed by atoms with Crippen LogP contribution >= 0.6 is 0 Å². The maximum Gasteiger partial charge on any atom is 0.406 e. The molecule has 2 N–H and O–H groups in total. The fourth-order valence-electron chi connectivity index (χ4n) is 1.98. The lowest BCUT2D eigenvalue weighted by atomic mass is 10.1. The van der Waals surface area contributed by atoms with E-state index in [9.17, 15) is 18.0 Å². The summed E-state index contributed by atoms with van der Waals surface area (Å²) < 4.78 is 37.5. The Morgan fingerprint density at radius 3 is 2.52 bits per heavy atom. The molecule has 0 heterocycles. The predicted molar refractivity (Wildman–Crippen MR) is 74.4 cm³/mol. The van der Waals surface area contributed by atoms with Crippen LogP contribution in [0.25, 0.3) is 0 Å². The first-order valence-electron chi connectivity index (χ1n) is 6.60. The van der Waals surface area contributed by atoms with Crippen LogP contribution in [0.4, 0.5) is 18.9 Å². The van der Waals surface area contributed by atoms with Crippen LogP contribution in [-0.4, -0.2) is 48.3 Å². The van der Waals surface area contributed by atoms with Gasteiger partial charge in [-0.15, -0.1) is 0 Å². The van der Waals surface area contributed by atoms with Crippen molar-refractivity contribution in [1.29, 1.82) is 0 Å². The predicted octanol–water partition coefficient (Wildman–Crippen LogP) is 2.42. The number of aliphatic hydroxyl groups is 1. The molecular weight excluding hydrogens is 285 g/mol. The van der Waals surface area contributed by atoms with Gasteiger partial charge >= 0.3 is 6.18 Å². The summed E-state index contributed by atoms with van der Waals surface area (Å²) in [7, 11) is 0. The molecule has 7 heteroatoms. The van der Waals surface area contributed by atoms with E-state index >= 15 is 0 Å². The van der Waals surface area contributed by atoms with Crippen molar-refractivity contribution in [3.63, 3.8) is 0 Å². The van der Waals surface area contributed by atoms with E-state index in [2.05, 4.69) is 5.32 Å². The Morgan fingerprint density at radius 2 is 2.05 bits per heavy atom. The fraction of sp³-hybridized carbons (Fsp3) is 0.500. The lowest BCUT2D eigenvalue weighted by Crippen LogP contribution is -2.40. The highest BCUT2D eigenvalue weighted by atomic mass is 19.4. The van der Waals surface area contributed by atoms with E-state index in [0.717, 1.165) is 5.69 Å². The van der Waals surface area contributed by atoms with Gasteiger partial charge in [0.2, 0.25) is 0 Å². The van der Waals surface area contributed by atoms with Gasteiger partial charge in [0, 0.05) is 24.3 Å². The van der Waals surface area contributed by atoms with Gasteiger partial charge < -0.3 is 15.3 Å². The number of aliphatic hydroxyl groups excluding tert-OH is 1. The van der Waals surface area contributed by atoms with Crippen LogP contribution in [-0.2, 0) is 0 Å². The molecule has 0 atom stereocenters. The van der Waals surface area contributed by atoms with Crippen molar-refractivity contribution in [1.82, 2.24) is 4.90 Å². The minimum atomic E-state index is -4.50. The van der Waals surface area contributed by atoms with Gasteiger partial charge in [-0.05, 0) is 37.6 Å². The SMILES string of the molecule is CCNc1ccc(C(=O)N(CCO)CC(F)(F)F)c(C)c1. The molecule has 0 aliphatic rings. The molecule has 0 aliphatic carbocycles. The number of carbonyl (C=O) groups excluding carboxylic acids is 1. The zero-order valence-corrected chi connectivity index (χ0v) is 12.0. The molecule has 21 heavy (non-hydrogen) atoms. The smallest absolute Gasteiger partial charge is 0.395 e. The van der Waals surface area contributed by atoms with E-state index in [0.29, 0.717) is 17.0 Å². The molecule has 0 saturated heterocycles. The topological polar surface area (TPSA) is 52.6 Å². The van der Waals surface area contributed by atoms with Crippen molar-refractivity contribution in [3.05, 3.63) is 29.3 Å². The van der Waals surface area contributed by atoms with Crippen LogP contribution in [0.1, 0.15) is 22.8 Å². The lowest BCUT2D eigenvalue weighted by Gasteiger charge is -2.24. The molecular formula is C14H19F3N2O2. The molecule has 0 aromatic heterocycles. The normalized spacial score (nSPS) is 11.3. The summed E-state index contributed by atoms with van der Waals surface area (Å²) in [5.41, 5.74) is 1.59. The Hall–Kier alpha value is -1.76. The minimum absolute atomic E-state index is 0.203. The van der Waals surface area contributed by atoms with E-state index < -0.39 is 25.2 Å². The number of benzene rings is 1. The zero-order valence-electron chi connectivity index (χ0n) is 12.0. The second-order valence-electron chi connectivity index (χ2n) is 4.63. The third-order valence-corrected chi connectivity index (χ3v) is 2.86. The molecule has 1 amide bonds. The molecule has 0 aliphatic heterocycles. The number of alkyl halides is 3. The summed E-state index contributed by atoms with van der Waals surface area (Å²) >= 11 is 0. The van der Waals surface area contributed by atoms with Crippen LogP contribution in [0.3, 0.4) is 0 Å². The molecule has 1 aromatic rings. The molecule has 0 fully saturated rings. The molecule has 0 spiro atoms. The first-order chi connectivity index (χ1) is 9.78. The highest BCUT2D eigenvalue weighted by Crippen LogP contribution is 2.21. The maximum absolute atomic E-state index is 12.5. The maximum atomic E-state index is 12.5. The van der Waals surface area contributed by atoms with Crippen LogP contribution in [0.5, 0.6) is 0 Å². The van der Waals surface area contributed by atoms with Gasteiger partial charge in [0.25, 0.3) is 5.91 Å². The number of nitrogens with one attached hydrogen (secondary N) is 1. The summed E-state index contributed by atoms with van der Waals surface area (Å²) in [4.78, 5) is 12.8. The lowest BCUT2D eigenvalue weighted by molar-refractivity contribution is -0.141. The number of aryl methyl sites for hydroxylation is 1. The van der Waals surface area contributed by atoms with E-state index in [1.54, 1.807) is 19.1 Å². The number of halogens is 3. The molecule has 0 saturated carbocycles. The van der Waals surface area contributed by atoms with Gasteiger partial charge in [0.1, 0.15) is 6.54 Å². The summed E-state index contributed by atoms with van der Waals surface area (Å²) in [6, 6.07) is 4.85. The second kappa shape index (κ2) is 7.31. The average molecular weight is 304 g/mol. The van der Waals surface area contributed by atoms with E-state index in [4.69, 9.17) is 5.11 Å². The minimum Gasteiger partial charge on any atom is -0.395 e. The highest BCUT2D eigenvalue weighted by molar-refractivity contribution is 5.96. The monoisotopic (exact) mass is 304 g/mol. The van der Waals surface area contributed by atoms with E-state index in [1.807, 2.05) is 6.92 Å². The molecule has 0 unspecified atom stereocenters. The van der Waals surface area contributed by atoms with Crippen molar-refractivity contribution < 1.29 is 23.1 Å². The largest absolute Gasteiger partial charge is 0.406 e. The van der Waals surface area contributed by atoms with Crippen molar-refractivity contribution in [2.75, 3.05) is 31.6 Å². The number of rotatable bonds is 6. The van der Waals surface area contributed by atoms with Crippen LogP contribution in [0.2, 0.25) is 0 Å². The summed E-state index contributed by atoms with van der Waals surface area (Å²) in [6.07, 6.45) is -4.50. The third kappa shape index (κ3) is 5.26. The molecule has 1 rings (SSSR count). The van der Waals surface area contributed by atoms with Crippen LogP contribution < -0.4 is 5.32 Å². The second-order valence-corrected chi connectivity index (χ2v) is 4.63. The summed E-state index contributed by atoms with van der Waals surface area (Å²) in [5, 5.41) is 11.9. The van der Waals surface area contributed by atoms with E-state index in [-0.39, 0.29) is 12.1 Å². The summed E-state index contributed by atoms with van der Waals surface area (Å²) in [5.74, 6) is -0.734. The third-order valence-electron chi connectivity index (χ3n) is 2.86. The van der Waals surface area contributed by atoms with Gasteiger partial charge in [0.05, 0.1) is 6.61 Å². The van der Waals surface area contributed by atoms with Crippen LogP contribution in [0.15, 0.2) is 18.2 Å². The Kier molecular flexibility index (Phi) is 6.02.